The number of nitro groups is 1. The zero-order valence-corrected chi connectivity index (χ0v) is 14.0. The Morgan fingerprint density at radius 2 is 1.62 bits per heavy atom. The van der Waals surface area contributed by atoms with Crippen LogP contribution in [0.3, 0.4) is 0 Å². The summed E-state index contributed by atoms with van der Waals surface area (Å²) in [5.41, 5.74) is 1.55. The average molecular weight is 329 g/mol. The summed E-state index contributed by atoms with van der Waals surface area (Å²) in [6, 6.07) is 11.7. The molecule has 0 fully saturated rings. The van der Waals surface area contributed by atoms with Gasteiger partial charge in [-0.05, 0) is 51.0 Å². The SMILES string of the molecule is Cc1ccc(-c2ccc(OC(=O)OC(C)(C)C)cc2)cc1[N+](=O)[O-]. The summed E-state index contributed by atoms with van der Waals surface area (Å²) in [5.74, 6) is 0.342. The van der Waals surface area contributed by atoms with Crippen molar-refractivity contribution in [3.8, 4) is 16.9 Å². The van der Waals surface area contributed by atoms with Gasteiger partial charge in [0.15, 0.2) is 0 Å². The van der Waals surface area contributed by atoms with Crippen molar-refractivity contribution in [3.05, 3.63) is 58.1 Å². The van der Waals surface area contributed by atoms with Gasteiger partial charge in [-0.2, -0.15) is 0 Å². The molecule has 0 aliphatic heterocycles. The zero-order chi connectivity index (χ0) is 17.9. The molecule has 0 aliphatic rings. The van der Waals surface area contributed by atoms with Crippen molar-refractivity contribution in [2.45, 2.75) is 33.3 Å². The molecule has 0 spiro atoms. The van der Waals surface area contributed by atoms with Crippen LogP contribution in [-0.2, 0) is 4.74 Å². The molecule has 0 saturated carbocycles. The van der Waals surface area contributed by atoms with Gasteiger partial charge in [-0.3, -0.25) is 10.1 Å². The molecule has 24 heavy (non-hydrogen) atoms. The van der Waals surface area contributed by atoms with E-state index in [1.54, 1.807) is 58.0 Å². The lowest BCUT2D eigenvalue weighted by Gasteiger charge is -2.18. The van der Waals surface area contributed by atoms with Crippen LogP contribution in [0.5, 0.6) is 5.75 Å². The van der Waals surface area contributed by atoms with Crippen LogP contribution in [0.4, 0.5) is 10.5 Å². The van der Waals surface area contributed by atoms with Crippen LogP contribution < -0.4 is 4.74 Å². The molecule has 0 N–H and O–H groups in total. The molecule has 0 aliphatic carbocycles. The fourth-order valence-electron chi connectivity index (χ4n) is 2.07. The Balaban J connectivity index is 2.16. The minimum atomic E-state index is -0.777. The Kier molecular flexibility index (Phi) is 4.87. The molecular formula is C18H19NO5. The van der Waals surface area contributed by atoms with E-state index in [0.717, 1.165) is 11.1 Å². The quantitative estimate of drug-likeness (QED) is 0.347. The number of rotatable bonds is 3. The summed E-state index contributed by atoms with van der Waals surface area (Å²) >= 11 is 0. The highest BCUT2D eigenvalue weighted by atomic mass is 16.7. The molecule has 0 unspecified atom stereocenters. The third kappa shape index (κ3) is 4.55. The summed E-state index contributed by atoms with van der Waals surface area (Å²) in [7, 11) is 0. The van der Waals surface area contributed by atoms with Crippen LogP contribution in [0.15, 0.2) is 42.5 Å². The Morgan fingerprint density at radius 1 is 1.04 bits per heavy atom. The second-order valence-electron chi connectivity index (χ2n) is 6.35. The maximum Gasteiger partial charge on any atom is 0.514 e. The molecule has 0 saturated heterocycles. The van der Waals surface area contributed by atoms with Gasteiger partial charge in [0.1, 0.15) is 11.4 Å². The van der Waals surface area contributed by atoms with E-state index in [4.69, 9.17) is 9.47 Å². The van der Waals surface area contributed by atoms with E-state index in [1.807, 2.05) is 6.07 Å². The number of hydrogen-bond donors (Lipinski definition) is 0. The van der Waals surface area contributed by atoms with Crippen LogP contribution in [0, 0.1) is 17.0 Å². The van der Waals surface area contributed by atoms with Crippen molar-refractivity contribution in [2.75, 3.05) is 0 Å². The smallest absolute Gasteiger partial charge is 0.428 e. The normalized spacial score (nSPS) is 11.0. The summed E-state index contributed by atoms with van der Waals surface area (Å²) in [4.78, 5) is 22.2. The van der Waals surface area contributed by atoms with E-state index >= 15 is 0 Å². The Hall–Kier alpha value is -2.89. The van der Waals surface area contributed by atoms with E-state index in [0.29, 0.717) is 11.3 Å². The topological polar surface area (TPSA) is 78.7 Å². The third-order valence-electron chi connectivity index (χ3n) is 3.18. The molecule has 0 heterocycles. The minimum Gasteiger partial charge on any atom is -0.428 e. The van der Waals surface area contributed by atoms with Crippen LogP contribution in [-0.4, -0.2) is 16.7 Å². The molecule has 126 valence electrons. The molecule has 0 atom stereocenters. The van der Waals surface area contributed by atoms with Gasteiger partial charge in [0.25, 0.3) is 5.69 Å². The molecule has 6 heteroatoms. The number of nitro benzene ring substituents is 1. The lowest BCUT2D eigenvalue weighted by Crippen LogP contribution is -2.25. The van der Waals surface area contributed by atoms with E-state index < -0.39 is 16.7 Å². The number of carbonyl (C=O) groups is 1. The summed E-state index contributed by atoms with van der Waals surface area (Å²) in [5, 5.41) is 11.0. The number of ether oxygens (including phenoxy) is 2. The van der Waals surface area contributed by atoms with Gasteiger partial charge in [-0.1, -0.05) is 24.3 Å². The molecule has 2 aromatic rings. The fraction of sp³-hybridized carbons (Fsp3) is 0.278. The number of nitrogens with zero attached hydrogens (tertiary/aromatic N) is 1. The standard InChI is InChI=1S/C18H19NO5/c1-12-5-6-14(11-16(12)19(21)22)13-7-9-15(10-8-13)23-17(20)24-18(2,3)4/h5-11H,1-4H3. The second kappa shape index (κ2) is 6.70. The maximum atomic E-state index is 11.6. The van der Waals surface area contributed by atoms with Crippen molar-refractivity contribution in [1.29, 1.82) is 0 Å². The second-order valence-corrected chi connectivity index (χ2v) is 6.35. The van der Waals surface area contributed by atoms with E-state index in [-0.39, 0.29) is 5.69 Å². The molecule has 0 radical (unpaired) electrons. The average Bonchev–Trinajstić information content (AvgIpc) is 2.46. The van der Waals surface area contributed by atoms with Gasteiger partial charge >= 0.3 is 6.16 Å². The van der Waals surface area contributed by atoms with Crippen LogP contribution in [0.25, 0.3) is 11.1 Å². The molecule has 0 amide bonds. The first-order chi connectivity index (χ1) is 11.2. The van der Waals surface area contributed by atoms with Crippen LogP contribution >= 0.6 is 0 Å². The van der Waals surface area contributed by atoms with Gasteiger partial charge < -0.3 is 9.47 Å². The molecule has 2 aromatic carbocycles. The molecule has 0 aromatic heterocycles. The largest absolute Gasteiger partial charge is 0.514 e. The highest BCUT2D eigenvalue weighted by molar-refractivity contribution is 5.69. The fourth-order valence-corrected chi connectivity index (χ4v) is 2.07. The first-order valence-electron chi connectivity index (χ1n) is 7.42. The molecule has 6 nitrogen and oxygen atoms in total. The maximum absolute atomic E-state index is 11.6. The van der Waals surface area contributed by atoms with Gasteiger partial charge in [0.2, 0.25) is 0 Å². The summed E-state index contributed by atoms with van der Waals surface area (Å²) < 4.78 is 10.2. The van der Waals surface area contributed by atoms with Crippen molar-refractivity contribution >= 4 is 11.8 Å². The molecule has 0 bridgehead atoms. The predicted octanol–water partition coefficient (Wildman–Crippen LogP) is 4.88. The van der Waals surface area contributed by atoms with Crippen molar-refractivity contribution in [2.24, 2.45) is 0 Å². The summed E-state index contributed by atoms with van der Waals surface area (Å²) in [6.07, 6.45) is -0.777. The number of carbonyl (C=O) groups excluding carboxylic acids is 1. The van der Waals surface area contributed by atoms with E-state index in [2.05, 4.69) is 0 Å². The third-order valence-corrected chi connectivity index (χ3v) is 3.18. The van der Waals surface area contributed by atoms with Gasteiger partial charge in [-0.15, -0.1) is 0 Å². The summed E-state index contributed by atoms with van der Waals surface area (Å²) in [6.45, 7) is 6.95. The Morgan fingerprint density at radius 3 is 2.17 bits per heavy atom. The number of benzene rings is 2. The van der Waals surface area contributed by atoms with Crippen LogP contribution in [0.1, 0.15) is 26.3 Å². The number of hydrogen-bond acceptors (Lipinski definition) is 5. The first-order valence-corrected chi connectivity index (χ1v) is 7.42. The monoisotopic (exact) mass is 329 g/mol. The van der Waals surface area contributed by atoms with Crippen molar-refractivity contribution in [3.63, 3.8) is 0 Å². The van der Waals surface area contributed by atoms with E-state index in [1.165, 1.54) is 6.07 Å². The predicted molar refractivity (Wildman–Crippen MR) is 90.1 cm³/mol. The lowest BCUT2D eigenvalue weighted by atomic mass is 10.0. The van der Waals surface area contributed by atoms with E-state index in [9.17, 15) is 14.9 Å². The van der Waals surface area contributed by atoms with Crippen molar-refractivity contribution < 1.29 is 19.2 Å². The molecule has 2 rings (SSSR count). The highest BCUT2D eigenvalue weighted by Crippen LogP contribution is 2.28. The Labute approximate surface area is 140 Å². The van der Waals surface area contributed by atoms with Crippen molar-refractivity contribution in [1.82, 2.24) is 0 Å². The van der Waals surface area contributed by atoms with Gasteiger partial charge in [0.05, 0.1) is 4.92 Å². The van der Waals surface area contributed by atoms with Gasteiger partial charge in [-0.25, -0.2) is 4.79 Å². The highest BCUT2D eigenvalue weighted by Gasteiger charge is 2.18. The lowest BCUT2D eigenvalue weighted by molar-refractivity contribution is -0.385. The first kappa shape index (κ1) is 17.5. The van der Waals surface area contributed by atoms with Crippen LogP contribution in [0.2, 0.25) is 0 Å². The number of aryl methyl sites for hydroxylation is 1. The minimum absolute atomic E-state index is 0.0709. The van der Waals surface area contributed by atoms with Gasteiger partial charge in [0, 0.05) is 11.6 Å². The zero-order valence-electron chi connectivity index (χ0n) is 14.0. The molecular weight excluding hydrogens is 310 g/mol. The Bertz CT molecular complexity index is 760.